The number of carboxylic acids is 1. The second-order valence-corrected chi connectivity index (χ2v) is 9.83. The average Bonchev–Trinajstić information content (AvgIpc) is 3.57. The zero-order valence-corrected chi connectivity index (χ0v) is 19.8. The van der Waals surface area contributed by atoms with Crippen molar-refractivity contribution in [2.45, 2.75) is 44.8 Å². The monoisotopic (exact) mass is 491 g/mol. The van der Waals surface area contributed by atoms with Gasteiger partial charge in [0.25, 0.3) is 0 Å². The van der Waals surface area contributed by atoms with E-state index in [2.05, 4.69) is 10.6 Å². The van der Waals surface area contributed by atoms with Crippen LogP contribution in [-0.2, 0) is 31.3 Å². The first-order chi connectivity index (χ1) is 17.2. The Morgan fingerprint density at radius 2 is 1.89 bits per heavy atom. The van der Waals surface area contributed by atoms with Crippen molar-refractivity contribution >= 4 is 29.4 Å². The molecule has 4 aliphatic rings. The Kier molecular flexibility index (Phi) is 4.88. The zero-order valence-electron chi connectivity index (χ0n) is 19.8. The van der Waals surface area contributed by atoms with Crippen molar-refractivity contribution in [2.24, 2.45) is 11.8 Å². The van der Waals surface area contributed by atoms with Gasteiger partial charge in [0.2, 0.25) is 24.5 Å². The highest BCUT2D eigenvalue weighted by molar-refractivity contribution is 6.15. The number of rotatable bonds is 5. The van der Waals surface area contributed by atoms with E-state index in [1.54, 1.807) is 18.2 Å². The number of likely N-dealkylation sites (tertiary alicyclic amines) is 1. The van der Waals surface area contributed by atoms with E-state index in [-0.39, 0.29) is 26.2 Å². The molecule has 0 aromatic heterocycles. The molecule has 4 heterocycles. The molecule has 2 aromatic carbocycles. The Morgan fingerprint density at radius 1 is 1.11 bits per heavy atom. The predicted molar refractivity (Wildman–Crippen MR) is 125 cm³/mol. The van der Waals surface area contributed by atoms with Crippen molar-refractivity contribution in [1.82, 2.24) is 10.2 Å². The number of aliphatic carboxylic acids is 1. The minimum Gasteiger partial charge on any atom is -0.481 e. The number of carboxylic acid groups (broad SMARTS) is 1. The molecule has 10 nitrogen and oxygen atoms in total. The van der Waals surface area contributed by atoms with Crippen LogP contribution in [0.4, 0.5) is 5.69 Å². The van der Waals surface area contributed by atoms with Crippen molar-refractivity contribution < 1.29 is 33.8 Å². The fourth-order valence-electron chi connectivity index (χ4n) is 6.08. The fourth-order valence-corrected chi connectivity index (χ4v) is 6.08. The van der Waals surface area contributed by atoms with Crippen LogP contribution in [-0.4, -0.2) is 46.5 Å². The summed E-state index contributed by atoms with van der Waals surface area (Å²) >= 11 is 0. The number of ether oxygens (including phenoxy) is 2. The minimum atomic E-state index is -1.45. The molecule has 0 radical (unpaired) electrons. The van der Waals surface area contributed by atoms with Gasteiger partial charge in [0.1, 0.15) is 5.54 Å². The molecule has 6 rings (SSSR count). The molecule has 0 saturated carbocycles. The van der Waals surface area contributed by atoms with Gasteiger partial charge >= 0.3 is 5.97 Å². The number of hydrogen-bond donors (Lipinski definition) is 3. The molecule has 3 amide bonds. The maximum atomic E-state index is 13.9. The normalized spacial score (nSPS) is 27.6. The largest absolute Gasteiger partial charge is 0.481 e. The van der Waals surface area contributed by atoms with E-state index in [9.17, 15) is 24.3 Å². The molecule has 2 saturated heterocycles. The van der Waals surface area contributed by atoms with Gasteiger partial charge < -0.3 is 19.9 Å². The van der Waals surface area contributed by atoms with Crippen LogP contribution in [0.1, 0.15) is 35.1 Å². The van der Waals surface area contributed by atoms with Crippen molar-refractivity contribution in [2.75, 3.05) is 12.1 Å². The van der Waals surface area contributed by atoms with Gasteiger partial charge in [-0.05, 0) is 49.1 Å². The summed E-state index contributed by atoms with van der Waals surface area (Å²) in [5.41, 5.74) is 2.38. The van der Waals surface area contributed by atoms with E-state index in [1.165, 1.54) is 4.90 Å². The molecular weight excluding hydrogens is 466 g/mol. The summed E-state index contributed by atoms with van der Waals surface area (Å²) in [5, 5.41) is 15.5. The number of imide groups is 1. The van der Waals surface area contributed by atoms with Crippen LogP contribution in [0.25, 0.3) is 0 Å². The number of aryl methyl sites for hydroxylation is 1. The average molecular weight is 492 g/mol. The van der Waals surface area contributed by atoms with Crippen LogP contribution < -0.4 is 20.1 Å². The fraction of sp³-hybridized carbons (Fsp3) is 0.385. The Bertz CT molecular complexity index is 1360. The first-order valence-electron chi connectivity index (χ1n) is 11.9. The van der Waals surface area contributed by atoms with Gasteiger partial charge in [0.15, 0.2) is 11.5 Å². The van der Waals surface area contributed by atoms with Gasteiger partial charge in [-0.25, -0.2) is 0 Å². The second kappa shape index (κ2) is 7.79. The molecule has 0 unspecified atom stereocenters. The highest BCUT2D eigenvalue weighted by Crippen LogP contribution is 2.54. The first-order valence-corrected chi connectivity index (χ1v) is 11.9. The van der Waals surface area contributed by atoms with Crippen molar-refractivity contribution in [3.05, 3.63) is 52.6 Å². The summed E-state index contributed by atoms with van der Waals surface area (Å²) in [6, 6.07) is 8.29. The number of fused-ring (bicyclic) bond motifs is 5. The van der Waals surface area contributed by atoms with Crippen LogP contribution in [0.2, 0.25) is 0 Å². The highest BCUT2D eigenvalue weighted by Gasteiger charge is 2.70. The third-order valence-corrected chi connectivity index (χ3v) is 7.96. The maximum absolute atomic E-state index is 13.9. The van der Waals surface area contributed by atoms with Gasteiger partial charge in [0.05, 0.1) is 18.4 Å². The molecule has 4 aliphatic heterocycles. The Labute approximate surface area is 206 Å². The molecule has 0 aliphatic carbocycles. The third-order valence-electron chi connectivity index (χ3n) is 7.96. The van der Waals surface area contributed by atoms with Crippen LogP contribution in [0, 0.1) is 25.7 Å². The Hall–Kier alpha value is -3.92. The Balaban J connectivity index is 1.41. The lowest BCUT2D eigenvalue weighted by Crippen LogP contribution is -2.53. The predicted octanol–water partition coefficient (Wildman–Crippen LogP) is 1.82. The summed E-state index contributed by atoms with van der Waals surface area (Å²) in [5.74, 6) is -2.97. The second-order valence-electron chi connectivity index (χ2n) is 9.83. The molecule has 36 heavy (non-hydrogen) atoms. The lowest BCUT2D eigenvalue weighted by atomic mass is 9.76. The topological polar surface area (TPSA) is 134 Å². The lowest BCUT2D eigenvalue weighted by Gasteiger charge is -2.29. The highest BCUT2D eigenvalue weighted by atomic mass is 16.7. The molecule has 3 N–H and O–H groups in total. The zero-order chi connectivity index (χ0) is 25.4. The number of benzene rings is 2. The molecule has 4 atom stereocenters. The standard InChI is InChI=1S/C26H25N3O7/c1-12-3-5-15-22(13(12)2)27-25(34)26(15)21-20(16(28-26)6-8-19(30)31)23(32)29(24(21)33)10-14-4-7-17-18(9-14)36-11-35-17/h3-5,7,9,16,20-21,28H,6,8,10-11H2,1-2H3,(H,27,34)(H,30,31)/t16-,20+,21-,26-/m0/s1. The molecule has 186 valence electrons. The van der Waals surface area contributed by atoms with E-state index in [4.69, 9.17) is 9.47 Å². The first kappa shape index (κ1) is 22.5. The van der Waals surface area contributed by atoms with Gasteiger partial charge in [-0.3, -0.25) is 29.4 Å². The number of nitrogens with one attached hydrogen (secondary N) is 2. The van der Waals surface area contributed by atoms with Crippen LogP contribution >= 0.6 is 0 Å². The maximum Gasteiger partial charge on any atom is 0.303 e. The number of carbonyl (C=O) groups is 4. The van der Waals surface area contributed by atoms with E-state index in [1.807, 2.05) is 26.0 Å². The summed E-state index contributed by atoms with van der Waals surface area (Å²) in [6.07, 6.45) is -0.0788. The Morgan fingerprint density at radius 3 is 2.67 bits per heavy atom. The van der Waals surface area contributed by atoms with Gasteiger partial charge in [-0.2, -0.15) is 0 Å². The van der Waals surface area contributed by atoms with Crippen LogP contribution in [0.15, 0.2) is 30.3 Å². The van der Waals surface area contributed by atoms with Crippen molar-refractivity contribution in [3.8, 4) is 11.5 Å². The molecule has 2 fully saturated rings. The van der Waals surface area contributed by atoms with E-state index in [0.717, 1.165) is 11.1 Å². The molecule has 1 spiro atoms. The summed E-state index contributed by atoms with van der Waals surface area (Å²) in [7, 11) is 0. The molecule has 0 bridgehead atoms. The molecule has 10 heteroatoms. The summed E-state index contributed by atoms with van der Waals surface area (Å²) in [4.78, 5) is 53.7. The lowest BCUT2D eigenvalue weighted by molar-refractivity contribution is -0.144. The number of anilines is 1. The SMILES string of the molecule is Cc1ccc2c(c1C)NC(=O)[C@]21N[C@@H](CCC(=O)O)[C@H]2C(=O)N(Cc3ccc4c(c3)OCO4)C(=O)[C@H]21. The van der Waals surface area contributed by atoms with Crippen LogP contribution in [0.5, 0.6) is 11.5 Å². The van der Waals surface area contributed by atoms with Gasteiger partial charge in [0, 0.05) is 23.7 Å². The smallest absolute Gasteiger partial charge is 0.303 e. The van der Waals surface area contributed by atoms with E-state index in [0.29, 0.717) is 28.3 Å². The van der Waals surface area contributed by atoms with E-state index < -0.39 is 47.1 Å². The van der Waals surface area contributed by atoms with Gasteiger partial charge in [-0.15, -0.1) is 0 Å². The number of carbonyl (C=O) groups excluding carboxylic acids is 3. The van der Waals surface area contributed by atoms with Crippen molar-refractivity contribution in [3.63, 3.8) is 0 Å². The summed E-state index contributed by atoms with van der Waals surface area (Å²) in [6.45, 7) is 3.96. The molecular formula is C26H25N3O7. The number of hydrogen-bond acceptors (Lipinski definition) is 7. The van der Waals surface area contributed by atoms with E-state index >= 15 is 0 Å². The van der Waals surface area contributed by atoms with Gasteiger partial charge in [-0.1, -0.05) is 18.2 Å². The summed E-state index contributed by atoms with van der Waals surface area (Å²) < 4.78 is 10.8. The quantitative estimate of drug-likeness (QED) is 0.540. The molecule has 2 aromatic rings. The van der Waals surface area contributed by atoms with Crippen LogP contribution in [0.3, 0.4) is 0 Å². The minimum absolute atomic E-state index is 0.0183. The number of amides is 3. The van der Waals surface area contributed by atoms with Crippen molar-refractivity contribution in [1.29, 1.82) is 0 Å². The number of nitrogens with zero attached hydrogens (tertiary/aromatic N) is 1. The third kappa shape index (κ3) is 3.00.